The van der Waals surface area contributed by atoms with E-state index in [-0.39, 0.29) is 11.1 Å². The standard InChI is InChI=1S/C11H13FN2O2/c1-10(2)6-11(10,13)8-5-7(12)3-4-9(8)14(15)16/h3-5H,6,13H2,1-2H3. The fourth-order valence-corrected chi connectivity index (χ4v) is 2.14. The van der Waals surface area contributed by atoms with Crippen LogP contribution in [0.3, 0.4) is 0 Å². The van der Waals surface area contributed by atoms with E-state index in [2.05, 4.69) is 0 Å². The van der Waals surface area contributed by atoms with Crippen molar-refractivity contribution in [1.29, 1.82) is 0 Å². The van der Waals surface area contributed by atoms with Gasteiger partial charge in [-0.1, -0.05) is 13.8 Å². The van der Waals surface area contributed by atoms with Crippen LogP contribution in [0.2, 0.25) is 0 Å². The number of nitrogens with zero attached hydrogens (tertiary/aromatic N) is 1. The molecule has 0 heterocycles. The highest BCUT2D eigenvalue weighted by Gasteiger charge is 2.61. The predicted octanol–water partition coefficient (Wildman–Crippen LogP) is 2.32. The third-order valence-electron chi connectivity index (χ3n) is 3.44. The summed E-state index contributed by atoms with van der Waals surface area (Å²) in [6.07, 6.45) is 0.629. The molecular weight excluding hydrogens is 211 g/mol. The molecule has 1 fully saturated rings. The van der Waals surface area contributed by atoms with E-state index in [1.165, 1.54) is 12.1 Å². The summed E-state index contributed by atoms with van der Waals surface area (Å²) in [6, 6.07) is 3.43. The number of halogens is 1. The molecule has 1 aromatic carbocycles. The molecular formula is C11H13FN2O2. The minimum absolute atomic E-state index is 0.102. The van der Waals surface area contributed by atoms with E-state index in [1.54, 1.807) is 0 Å². The zero-order valence-corrected chi connectivity index (χ0v) is 9.16. The predicted molar refractivity (Wildman–Crippen MR) is 57.3 cm³/mol. The molecule has 0 aromatic heterocycles. The van der Waals surface area contributed by atoms with Crippen molar-refractivity contribution in [3.05, 3.63) is 39.7 Å². The van der Waals surface area contributed by atoms with Gasteiger partial charge in [0.05, 0.1) is 16.0 Å². The van der Waals surface area contributed by atoms with E-state index >= 15 is 0 Å². The zero-order valence-electron chi connectivity index (χ0n) is 9.16. The van der Waals surface area contributed by atoms with Crippen LogP contribution in [0.1, 0.15) is 25.8 Å². The maximum atomic E-state index is 13.1. The average Bonchev–Trinajstić information content (AvgIpc) is 2.66. The third kappa shape index (κ3) is 1.39. The highest BCUT2D eigenvalue weighted by atomic mass is 19.1. The molecule has 1 unspecified atom stereocenters. The summed E-state index contributed by atoms with van der Waals surface area (Å²) >= 11 is 0. The van der Waals surface area contributed by atoms with Gasteiger partial charge in [-0.15, -0.1) is 0 Å². The monoisotopic (exact) mass is 224 g/mol. The molecule has 0 aliphatic heterocycles. The largest absolute Gasteiger partial charge is 0.321 e. The van der Waals surface area contributed by atoms with Gasteiger partial charge in [-0.3, -0.25) is 10.1 Å². The Bertz CT molecular complexity index is 473. The lowest BCUT2D eigenvalue weighted by Gasteiger charge is -2.15. The van der Waals surface area contributed by atoms with Crippen molar-refractivity contribution in [2.45, 2.75) is 25.8 Å². The van der Waals surface area contributed by atoms with E-state index in [0.29, 0.717) is 12.0 Å². The lowest BCUT2D eigenvalue weighted by Crippen LogP contribution is -2.26. The lowest BCUT2D eigenvalue weighted by molar-refractivity contribution is -0.386. The van der Waals surface area contributed by atoms with Crippen LogP contribution >= 0.6 is 0 Å². The molecule has 5 heteroatoms. The van der Waals surface area contributed by atoms with Crippen molar-refractivity contribution in [3.8, 4) is 0 Å². The maximum absolute atomic E-state index is 13.1. The third-order valence-corrected chi connectivity index (χ3v) is 3.44. The van der Waals surface area contributed by atoms with Gasteiger partial charge in [0.15, 0.2) is 0 Å². The molecule has 0 radical (unpaired) electrons. The van der Waals surface area contributed by atoms with Crippen molar-refractivity contribution in [2.75, 3.05) is 0 Å². The Kier molecular flexibility index (Phi) is 2.07. The molecule has 16 heavy (non-hydrogen) atoms. The maximum Gasteiger partial charge on any atom is 0.274 e. The fraction of sp³-hybridized carbons (Fsp3) is 0.455. The lowest BCUT2D eigenvalue weighted by atomic mass is 9.95. The van der Waals surface area contributed by atoms with Gasteiger partial charge in [-0.2, -0.15) is 0 Å². The second-order valence-electron chi connectivity index (χ2n) is 4.95. The summed E-state index contributed by atoms with van der Waals surface area (Å²) in [7, 11) is 0. The van der Waals surface area contributed by atoms with E-state index < -0.39 is 16.3 Å². The van der Waals surface area contributed by atoms with Gasteiger partial charge in [0.25, 0.3) is 5.69 Å². The van der Waals surface area contributed by atoms with Crippen LogP contribution in [0.15, 0.2) is 18.2 Å². The van der Waals surface area contributed by atoms with Crippen molar-refractivity contribution in [2.24, 2.45) is 11.1 Å². The van der Waals surface area contributed by atoms with Gasteiger partial charge >= 0.3 is 0 Å². The summed E-state index contributed by atoms with van der Waals surface area (Å²) in [5, 5.41) is 10.8. The number of nitrogens with two attached hydrogens (primary N) is 1. The number of hydrogen-bond donors (Lipinski definition) is 1. The van der Waals surface area contributed by atoms with Gasteiger partial charge in [0, 0.05) is 6.07 Å². The Morgan fingerprint density at radius 3 is 2.50 bits per heavy atom. The van der Waals surface area contributed by atoms with Crippen LogP contribution in [0.4, 0.5) is 10.1 Å². The highest BCUT2D eigenvalue weighted by Crippen LogP contribution is 2.61. The number of benzene rings is 1. The molecule has 0 bridgehead atoms. The van der Waals surface area contributed by atoms with Crippen molar-refractivity contribution >= 4 is 5.69 Å². The summed E-state index contributed by atoms with van der Waals surface area (Å²) in [4.78, 5) is 10.3. The van der Waals surface area contributed by atoms with Crippen molar-refractivity contribution < 1.29 is 9.31 Å². The van der Waals surface area contributed by atoms with Crippen LogP contribution < -0.4 is 5.73 Å². The quantitative estimate of drug-likeness (QED) is 0.619. The molecule has 0 saturated heterocycles. The molecule has 1 aliphatic carbocycles. The van der Waals surface area contributed by atoms with Gasteiger partial charge in [-0.05, 0) is 24.0 Å². The molecule has 1 aliphatic rings. The van der Waals surface area contributed by atoms with Crippen LogP contribution in [0.5, 0.6) is 0 Å². The van der Waals surface area contributed by atoms with Crippen molar-refractivity contribution in [1.82, 2.24) is 0 Å². The molecule has 2 rings (SSSR count). The Labute approximate surface area is 92.4 Å². The first kappa shape index (κ1) is 11.0. The molecule has 0 spiro atoms. The highest BCUT2D eigenvalue weighted by molar-refractivity contribution is 5.50. The fourth-order valence-electron chi connectivity index (χ4n) is 2.14. The van der Waals surface area contributed by atoms with E-state index in [9.17, 15) is 14.5 Å². The van der Waals surface area contributed by atoms with E-state index in [1.807, 2.05) is 13.8 Å². The molecule has 0 amide bonds. The normalized spacial score (nSPS) is 26.5. The number of hydrogen-bond acceptors (Lipinski definition) is 3. The van der Waals surface area contributed by atoms with Gasteiger partial charge in [0.1, 0.15) is 5.82 Å². The molecule has 1 aromatic rings. The number of rotatable bonds is 2. The summed E-state index contributed by atoms with van der Waals surface area (Å²) in [5.74, 6) is -0.492. The van der Waals surface area contributed by atoms with E-state index in [4.69, 9.17) is 5.73 Å². The van der Waals surface area contributed by atoms with Gasteiger partial charge in [-0.25, -0.2) is 4.39 Å². The van der Waals surface area contributed by atoms with Crippen LogP contribution in [-0.2, 0) is 5.54 Å². The van der Waals surface area contributed by atoms with Crippen LogP contribution in [0.25, 0.3) is 0 Å². The summed E-state index contributed by atoms with van der Waals surface area (Å²) in [6.45, 7) is 3.84. The second-order valence-corrected chi connectivity index (χ2v) is 4.95. The molecule has 2 N–H and O–H groups in total. The summed E-state index contributed by atoms with van der Waals surface area (Å²) < 4.78 is 13.1. The van der Waals surface area contributed by atoms with Crippen LogP contribution in [0, 0.1) is 21.3 Å². The SMILES string of the molecule is CC1(C)CC1(N)c1cc(F)ccc1[N+](=O)[O-]. The minimum Gasteiger partial charge on any atom is -0.321 e. The molecule has 4 nitrogen and oxygen atoms in total. The first-order valence-corrected chi connectivity index (χ1v) is 5.01. The smallest absolute Gasteiger partial charge is 0.274 e. The summed E-state index contributed by atoms with van der Waals surface area (Å²) in [5.41, 5.74) is 5.28. The average molecular weight is 224 g/mol. The van der Waals surface area contributed by atoms with Gasteiger partial charge in [0.2, 0.25) is 0 Å². The molecule has 1 saturated carbocycles. The first-order chi connectivity index (χ1) is 7.28. The van der Waals surface area contributed by atoms with Gasteiger partial charge < -0.3 is 5.73 Å². The Morgan fingerprint density at radius 1 is 1.50 bits per heavy atom. The Hall–Kier alpha value is -1.49. The Morgan fingerprint density at radius 2 is 2.06 bits per heavy atom. The van der Waals surface area contributed by atoms with E-state index in [0.717, 1.165) is 6.07 Å². The topological polar surface area (TPSA) is 69.2 Å². The number of nitro benzene ring substituents is 1. The molecule has 86 valence electrons. The zero-order chi connectivity index (χ0) is 12.1. The first-order valence-electron chi connectivity index (χ1n) is 5.01. The second kappa shape index (κ2) is 3.01. The number of nitro groups is 1. The van der Waals surface area contributed by atoms with Crippen molar-refractivity contribution in [3.63, 3.8) is 0 Å². The minimum atomic E-state index is -0.780. The van der Waals surface area contributed by atoms with Crippen LogP contribution in [-0.4, -0.2) is 4.92 Å². The molecule has 1 atom stereocenters. The Balaban J connectivity index is 2.56.